The number of aliphatic carboxylic acids is 1. The second-order valence-electron chi connectivity index (χ2n) is 7.45. The van der Waals surface area contributed by atoms with E-state index in [1.807, 2.05) is 0 Å². The SMILES string of the molecule is Cn1cc2c(cc1=O)C(CC(=O)O)N=C(c1ccc(Cl)cc1)c1cc(C(F)(F)F)ccc1-2. The molecule has 1 aliphatic rings. The molecule has 9 heteroatoms. The van der Waals surface area contributed by atoms with E-state index in [9.17, 15) is 27.9 Å². The van der Waals surface area contributed by atoms with Gasteiger partial charge in [-0.1, -0.05) is 29.8 Å². The number of pyridine rings is 1. The van der Waals surface area contributed by atoms with Crippen molar-refractivity contribution in [2.75, 3.05) is 0 Å². The number of hydrogen-bond donors (Lipinski definition) is 1. The van der Waals surface area contributed by atoms with Crippen LogP contribution in [0.25, 0.3) is 11.1 Å². The van der Waals surface area contributed by atoms with Gasteiger partial charge in [-0.05, 0) is 35.4 Å². The van der Waals surface area contributed by atoms with Gasteiger partial charge in [-0.3, -0.25) is 14.6 Å². The lowest BCUT2D eigenvalue weighted by Crippen LogP contribution is -2.18. The molecule has 1 atom stereocenters. The number of benzene rings is 2. The molecule has 0 saturated heterocycles. The molecule has 32 heavy (non-hydrogen) atoms. The number of rotatable bonds is 3. The molecule has 2 aromatic carbocycles. The molecular formula is C23H16ClF3N2O3. The van der Waals surface area contributed by atoms with Crippen LogP contribution in [0, 0.1) is 0 Å². The van der Waals surface area contributed by atoms with Crippen LogP contribution in [0.5, 0.6) is 0 Å². The second kappa shape index (κ2) is 7.94. The van der Waals surface area contributed by atoms with Gasteiger partial charge in [-0.25, -0.2) is 0 Å². The topological polar surface area (TPSA) is 71.7 Å². The Morgan fingerprint density at radius 2 is 1.78 bits per heavy atom. The van der Waals surface area contributed by atoms with E-state index in [1.54, 1.807) is 24.3 Å². The first-order valence-corrected chi connectivity index (χ1v) is 9.90. The number of aromatic nitrogens is 1. The zero-order chi connectivity index (χ0) is 23.2. The molecule has 0 bridgehead atoms. The maximum atomic E-state index is 13.5. The monoisotopic (exact) mass is 460 g/mol. The summed E-state index contributed by atoms with van der Waals surface area (Å²) in [5.41, 5.74) is 0.847. The highest BCUT2D eigenvalue weighted by molar-refractivity contribution is 6.30. The Kier molecular flexibility index (Phi) is 5.42. The summed E-state index contributed by atoms with van der Waals surface area (Å²) in [5, 5.41) is 9.88. The highest BCUT2D eigenvalue weighted by Gasteiger charge is 2.34. The van der Waals surface area contributed by atoms with Crippen LogP contribution in [0.2, 0.25) is 5.02 Å². The minimum absolute atomic E-state index is 0.190. The molecular weight excluding hydrogens is 445 g/mol. The predicted molar refractivity (Wildman–Crippen MR) is 114 cm³/mol. The summed E-state index contributed by atoms with van der Waals surface area (Å²) in [7, 11) is 1.52. The van der Waals surface area contributed by atoms with Crippen molar-refractivity contribution < 1.29 is 23.1 Å². The summed E-state index contributed by atoms with van der Waals surface area (Å²) in [6.07, 6.45) is -3.52. The van der Waals surface area contributed by atoms with E-state index in [0.717, 1.165) is 12.1 Å². The Morgan fingerprint density at radius 3 is 2.41 bits per heavy atom. The van der Waals surface area contributed by atoms with Gasteiger partial charge < -0.3 is 9.67 Å². The molecule has 0 amide bonds. The molecule has 0 radical (unpaired) electrons. The fourth-order valence-electron chi connectivity index (χ4n) is 3.75. The van der Waals surface area contributed by atoms with Crippen molar-refractivity contribution in [3.05, 3.63) is 92.4 Å². The Labute approximate surface area is 185 Å². The number of nitrogens with zero attached hydrogens (tertiary/aromatic N) is 2. The maximum Gasteiger partial charge on any atom is 0.416 e. The first-order valence-electron chi connectivity index (χ1n) is 9.52. The molecule has 3 aromatic rings. The van der Waals surface area contributed by atoms with Crippen LogP contribution < -0.4 is 5.56 Å². The lowest BCUT2D eigenvalue weighted by molar-refractivity contribution is -0.138. The Hall–Kier alpha value is -3.39. The average molecular weight is 461 g/mol. The molecule has 0 fully saturated rings. The van der Waals surface area contributed by atoms with E-state index in [-0.39, 0.29) is 16.8 Å². The third-order valence-corrected chi connectivity index (χ3v) is 5.53. The van der Waals surface area contributed by atoms with Crippen LogP contribution in [0.1, 0.15) is 34.7 Å². The van der Waals surface area contributed by atoms with Crippen molar-refractivity contribution in [1.29, 1.82) is 0 Å². The van der Waals surface area contributed by atoms with E-state index in [2.05, 4.69) is 4.99 Å². The van der Waals surface area contributed by atoms with Gasteiger partial charge in [0, 0.05) is 41.0 Å². The quantitative estimate of drug-likeness (QED) is 0.591. The fourth-order valence-corrected chi connectivity index (χ4v) is 3.88. The van der Waals surface area contributed by atoms with E-state index >= 15 is 0 Å². The van der Waals surface area contributed by atoms with Crippen LogP contribution in [0.4, 0.5) is 13.2 Å². The number of carbonyl (C=O) groups is 1. The second-order valence-corrected chi connectivity index (χ2v) is 7.88. The van der Waals surface area contributed by atoms with Gasteiger partial charge >= 0.3 is 12.1 Å². The van der Waals surface area contributed by atoms with Crippen molar-refractivity contribution in [1.82, 2.24) is 4.57 Å². The summed E-state index contributed by atoms with van der Waals surface area (Å²) >= 11 is 5.97. The van der Waals surface area contributed by atoms with Gasteiger partial charge in [-0.15, -0.1) is 0 Å². The van der Waals surface area contributed by atoms with E-state index in [0.29, 0.717) is 27.3 Å². The van der Waals surface area contributed by atoms with Crippen molar-refractivity contribution in [2.24, 2.45) is 12.0 Å². The number of carboxylic acids is 1. The molecule has 1 N–H and O–H groups in total. The first-order chi connectivity index (χ1) is 15.0. The zero-order valence-corrected chi connectivity index (χ0v) is 17.4. The fraction of sp³-hybridized carbons (Fsp3) is 0.174. The van der Waals surface area contributed by atoms with Gasteiger partial charge in [0.25, 0.3) is 5.56 Å². The first kappa shape index (κ1) is 21.8. The van der Waals surface area contributed by atoms with Crippen molar-refractivity contribution >= 4 is 23.3 Å². The van der Waals surface area contributed by atoms with Crippen molar-refractivity contribution in [3.63, 3.8) is 0 Å². The van der Waals surface area contributed by atoms with Crippen molar-refractivity contribution in [2.45, 2.75) is 18.6 Å². The molecule has 1 aliphatic heterocycles. The number of alkyl halides is 3. The summed E-state index contributed by atoms with van der Waals surface area (Å²) in [6, 6.07) is 9.99. The minimum atomic E-state index is -4.58. The van der Waals surface area contributed by atoms with Gasteiger partial charge in [0.05, 0.1) is 23.7 Å². The van der Waals surface area contributed by atoms with Crippen LogP contribution in [-0.2, 0) is 18.0 Å². The molecule has 0 spiro atoms. The summed E-state index contributed by atoms with van der Waals surface area (Å²) in [5.74, 6) is -1.15. The number of halogens is 4. The molecule has 1 aromatic heterocycles. The number of aliphatic imine (C=N–C) groups is 1. The van der Waals surface area contributed by atoms with Crippen LogP contribution in [0.15, 0.2) is 64.5 Å². The van der Waals surface area contributed by atoms with Crippen LogP contribution >= 0.6 is 11.6 Å². The Bertz CT molecular complexity index is 1310. The van der Waals surface area contributed by atoms with Crippen LogP contribution in [-0.4, -0.2) is 21.4 Å². The molecule has 5 nitrogen and oxygen atoms in total. The molecule has 2 heterocycles. The summed E-state index contributed by atoms with van der Waals surface area (Å²) in [4.78, 5) is 28.5. The number of aryl methyl sites for hydroxylation is 1. The average Bonchev–Trinajstić information content (AvgIpc) is 2.83. The zero-order valence-electron chi connectivity index (χ0n) is 16.7. The standard InChI is InChI=1S/C23H16ClF3N2O3/c1-29-11-18-15-7-4-13(23(25,26)27)8-17(15)22(12-2-5-14(24)6-3-12)28-19(10-21(31)32)16(18)9-20(29)30/h2-9,11,19H,10H2,1H3,(H,31,32). The Balaban J connectivity index is 2.09. The highest BCUT2D eigenvalue weighted by Crippen LogP contribution is 2.40. The van der Waals surface area contributed by atoms with E-state index < -0.39 is 30.2 Å². The third-order valence-electron chi connectivity index (χ3n) is 5.28. The molecule has 0 saturated carbocycles. The molecule has 0 aliphatic carbocycles. The smallest absolute Gasteiger partial charge is 0.416 e. The maximum absolute atomic E-state index is 13.5. The van der Waals surface area contributed by atoms with Crippen molar-refractivity contribution in [3.8, 4) is 11.1 Å². The number of hydrogen-bond acceptors (Lipinski definition) is 3. The summed E-state index contributed by atoms with van der Waals surface area (Å²) in [6.45, 7) is 0. The lowest BCUT2D eigenvalue weighted by atomic mass is 9.90. The molecule has 164 valence electrons. The number of carboxylic acid groups (broad SMARTS) is 1. The third kappa shape index (κ3) is 4.05. The Morgan fingerprint density at radius 1 is 1.09 bits per heavy atom. The number of fused-ring (bicyclic) bond motifs is 3. The minimum Gasteiger partial charge on any atom is -0.481 e. The van der Waals surface area contributed by atoms with Crippen LogP contribution in [0.3, 0.4) is 0 Å². The normalized spacial score (nSPS) is 15.4. The summed E-state index contributed by atoms with van der Waals surface area (Å²) < 4.78 is 41.9. The molecule has 1 unspecified atom stereocenters. The van der Waals surface area contributed by atoms with Gasteiger partial charge in [0.15, 0.2) is 0 Å². The van der Waals surface area contributed by atoms with E-state index in [4.69, 9.17) is 11.6 Å². The predicted octanol–water partition coefficient (Wildman–Crippen LogP) is 5.09. The largest absolute Gasteiger partial charge is 0.481 e. The van der Waals surface area contributed by atoms with Gasteiger partial charge in [-0.2, -0.15) is 13.2 Å². The molecule has 4 rings (SSSR count). The van der Waals surface area contributed by atoms with Gasteiger partial charge in [0.1, 0.15) is 0 Å². The highest BCUT2D eigenvalue weighted by atomic mass is 35.5. The van der Waals surface area contributed by atoms with Gasteiger partial charge in [0.2, 0.25) is 0 Å². The lowest BCUT2D eigenvalue weighted by Gasteiger charge is -2.16. The van der Waals surface area contributed by atoms with E-state index in [1.165, 1.54) is 29.9 Å².